The molecule has 0 saturated heterocycles. The fourth-order valence-electron chi connectivity index (χ4n) is 2.92. The van der Waals surface area contributed by atoms with Crippen LogP contribution in [-0.2, 0) is 23.8 Å². The number of nitrogens with one attached hydrogen (secondary N) is 1. The van der Waals surface area contributed by atoms with Crippen molar-refractivity contribution in [3.8, 4) is 0 Å². The molecule has 0 bridgehead atoms. The van der Waals surface area contributed by atoms with E-state index in [1.165, 1.54) is 18.2 Å². The molecule has 152 valence electrons. The van der Waals surface area contributed by atoms with Crippen molar-refractivity contribution in [2.24, 2.45) is 0 Å². The van der Waals surface area contributed by atoms with E-state index in [-0.39, 0.29) is 28.7 Å². The number of rotatable bonds is 5. The third kappa shape index (κ3) is 4.61. The maximum Gasteiger partial charge on any atom is 0.416 e. The Kier molecular flexibility index (Phi) is 5.67. The highest BCUT2D eigenvalue weighted by Crippen LogP contribution is 2.29. The number of nitrogens with zero attached hydrogens (tertiary/aromatic N) is 2. The fraction of sp³-hybridized carbons (Fsp3) is 0.250. The molecule has 1 N–H and O–H groups in total. The minimum atomic E-state index is -4.52. The van der Waals surface area contributed by atoms with E-state index < -0.39 is 29.0 Å². The SMILES string of the molecule is CCCc1nc2cc(F)ccc2c(=O)n1NC(=O)Cc1cccc(C(F)(F)F)c1. The first-order valence-electron chi connectivity index (χ1n) is 8.86. The number of benzene rings is 2. The van der Waals surface area contributed by atoms with Gasteiger partial charge in [-0.2, -0.15) is 13.2 Å². The second kappa shape index (κ2) is 8.02. The Morgan fingerprint density at radius 2 is 1.93 bits per heavy atom. The lowest BCUT2D eigenvalue weighted by molar-refractivity contribution is -0.137. The van der Waals surface area contributed by atoms with Gasteiger partial charge in [0.15, 0.2) is 0 Å². The van der Waals surface area contributed by atoms with E-state index in [2.05, 4.69) is 10.4 Å². The number of aryl methyl sites for hydroxylation is 1. The van der Waals surface area contributed by atoms with E-state index in [1.54, 1.807) is 0 Å². The zero-order valence-electron chi connectivity index (χ0n) is 15.4. The molecule has 3 rings (SSSR count). The average molecular weight is 407 g/mol. The Bertz CT molecular complexity index is 1120. The molecule has 0 saturated carbocycles. The molecule has 5 nitrogen and oxygen atoms in total. The Morgan fingerprint density at radius 1 is 1.17 bits per heavy atom. The Balaban J connectivity index is 1.92. The molecule has 0 aliphatic heterocycles. The van der Waals surface area contributed by atoms with Crippen LogP contribution in [0.5, 0.6) is 0 Å². The van der Waals surface area contributed by atoms with Gasteiger partial charge in [0.25, 0.3) is 5.56 Å². The summed E-state index contributed by atoms with van der Waals surface area (Å²) in [5, 5.41) is 0.116. The van der Waals surface area contributed by atoms with E-state index in [4.69, 9.17) is 0 Å². The molecule has 2 aromatic carbocycles. The first-order chi connectivity index (χ1) is 13.7. The summed E-state index contributed by atoms with van der Waals surface area (Å²) in [4.78, 5) is 29.4. The van der Waals surface area contributed by atoms with Crippen LogP contribution in [0.25, 0.3) is 10.9 Å². The highest BCUT2D eigenvalue weighted by Gasteiger charge is 2.30. The summed E-state index contributed by atoms with van der Waals surface area (Å²) >= 11 is 0. The average Bonchev–Trinajstić information content (AvgIpc) is 2.64. The predicted molar refractivity (Wildman–Crippen MR) is 99.5 cm³/mol. The second-order valence-electron chi connectivity index (χ2n) is 6.49. The van der Waals surface area contributed by atoms with E-state index >= 15 is 0 Å². The lowest BCUT2D eigenvalue weighted by atomic mass is 10.1. The summed E-state index contributed by atoms with van der Waals surface area (Å²) in [6.45, 7) is 1.84. The van der Waals surface area contributed by atoms with Crippen molar-refractivity contribution in [2.75, 3.05) is 5.43 Å². The number of hydrogen-bond acceptors (Lipinski definition) is 3. The van der Waals surface area contributed by atoms with Crippen LogP contribution in [0.15, 0.2) is 47.3 Å². The van der Waals surface area contributed by atoms with Gasteiger partial charge in [-0.25, -0.2) is 14.1 Å². The van der Waals surface area contributed by atoms with Crippen molar-refractivity contribution in [3.05, 3.63) is 75.6 Å². The Hall–Kier alpha value is -3.23. The van der Waals surface area contributed by atoms with Gasteiger partial charge in [0.1, 0.15) is 11.6 Å². The number of alkyl halides is 3. The summed E-state index contributed by atoms with van der Waals surface area (Å²) in [7, 11) is 0. The lowest BCUT2D eigenvalue weighted by Crippen LogP contribution is -2.37. The Labute approximate surface area is 163 Å². The molecular weight excluding hydrogens is 390 g/mol. The third-order valence-corrected chi connectivity index (χ3v) is 4.23. The van der Waals surface area contributed by atoms with E-state index in [9.17, 15) is 27.2 Å². The molecule has 1 heterocycles. The van der Waals surface area contributed by atoms with Crippen LogP contribution >= 0.6 is 0 Å². The molecule has 0 radical (unpaired) electrons. The topological polar surface area (TPSA) is 64.0 Å². The van der Waals surface area contributed by atoms with E-state index in [0.29, 0.717) is 12.8 Å². The van der Waals surface area contributed by atoms with Gasteiger partial charge < -0.3 is 0 Å². The smallest absolute Gasteiger partial charge is 0.273 e. The molecular formula is C20H17F4N3O2. The van der Waals surface area contributed by atoms with Gasteiger partial charge in [-0.15, -0.1) is 0 Å². The van der Waals surface area contributed by atoms with Gasteiger partial charge >= 0.3 is 6.18 Å². The normalized spacial score (nSPS) is 11.6. The minimum Gasteiger partial charge on any atom is -0.273 e. The number of aromatic nitrogens is 2. The Morgan fingerprint density at radius 3 is 2.62 bits per heavy atom. The highest BCUT2D eigenvalue weighted by molar-refractivity contribution is 5.86. The number of carbonyl (C=O) groups excluding carboxylic acids is 1. The standard InChI is InChI=1S/C20H17F4N3O2/c1-2-4-17-25-16-11-14(21)7-8-15(16)19(29)27(17)26-18(28)10-12-5-3-6-13(9-12)20(22,23)24/h3,5-9,11H,2,4,10H2,1H3,(H,26,28). The minimum absolute atomic E-state index is 0.116. The lowest BCUT2D eigenvalue weighted by Gasteiger charge is -2.14. The van der Waals surface area contributed by atoms with Gasteiger partial charge in [-0.3, -0.25) is 15.0 Å². The van der Waals surface area contributed by atoms with Crippen molar-refractivity contribution in [3.63, 3.8) is 0 Å². The van der Waals surface area contributed by atoms with Crippen molar-refractivity contribution in [2.45, 2.75) is 32.4 Å². The largest absolute Gasteiger partial charge is 0.416 e. The molecule has 9 heteroatoms. The molecule has 0 fully saturated rings. The maximum atomic E-state index is 13.5. The quantitative estimate of drug-likeness (QED) is 0.654. The van der Waals surface area contributed by atoms with Crippen LogP contribution in [0.2, 0.25) is 0 Å². The third-order valence-electron chi connectivity index (χ3n) is 4.23. The van der Waals surface area contributed by atoms with Gasteiger partial charge in [0.2, 0.25) is 5.91 Å². The molecule has 0 unspecified atom stereocenters. The zero-order chi connectivity index (χ0) is 21.2. The van der Waals surface area contributed by atoms with Crippen LogP contribution in [0.3, 0.4) is 0 Å². The molecule has 1 aromatic heterocycles. The zero-order valence-corrected chi connectivity index (χ0v) is 15.4. The van der Waals surface area contributed by atoms with Gasteiger partial charge in [-0.05, 0) is 30.2 Å². The number of fused-ring (bicyclic) bond motifs is 1. The summed E-state index contributed by atoms with van der Waals surface area (Å²) in [6, 6.07) is 7.92. The predicted octanol–water partition coefficient (Wildman–Crippen LogP) is 3.82. The first-order valence-corrected chi connectivity index (χ1v) is 8.86. The number of halogens is 4. The molecule has 3 aromatic rings. The van der Waals surface area contributed by atoms with Gasteiger partial charge in [0.05, 0.1) is 22.9 Å². The van der Waals surface area contributed by atoms with E-state index in [0.717, 1.165) is 28.9 Å². The van der Waals surface area contributed by atoms with Crippen molar-refractivity contribution >= 4 is 16.8 Å². The van der Waals surface area contributed by atoms with Crippen LogP contribution in [-0.4, -0.2) is 15.6 Å². The van der Waals surface area contributed by atoms with Crippen LogP contribution in [0.1, 0.15) is 30.3 Å². The van der Waals surface area contributed by atoms with Gasteiger partial charge in [0, 0.05) is 12.5 Å². The van der Waals surface area contributed by atoms with Gasteiger partial charge in [-0.1, -0.05) is 25.1 Å². The number of carbonyl (C=O) groups is 1. The number of hydrogen-bond donors (Lipinski definition) is 1. The molecule has 0 aliphatic carbocycles. The molecule has 1 amide bonds. The highest BCUT2D eigenvalue weighted by atomic mass is 19.4. The summed E-state index contributed by atoms with van der Waals surface area (Å²) in [5.74, 6) is -0.988. The monoisotopic (exact) mass is 407 g/mol. The first kappa shape index (κ1) is 20.5. The van der Waals surface area contributed by atoms with Crippen LogP contribution in [0.4, 0.5) is 17.6 Å². The molecule has 0 aliphatic rings. The van der Waals surface area contributed by atoms with Crippen molar-refractivity contribution < 1.29 is 22.4 Å². The van der Waals surface area contributed by atoms with Crippen molar-refractivity contribution in [1.82, 2.24) is 9.66 Å². The summed E-state index contributed by atoms with van der Waals surface area (Å²) < 4.78 is 52.9. The van der Waals surface area contributed by atoms with Crippen molar-refractivity contribution in [1.29, 1.82) is 0 Å². The van der Waals surface area contributed by atoms with Crippen LogP contribution < -0.4 is 11.0 Å². The second-order valence-corrected chi connectivity index (χ2v) is 6.49. The summed E-state index contributed by atoms with van der Waals surface area (Å²) in [6.07, 6.45) is -3.93. The summed E-state index contributed by atoms with van der Waals surface area (Å²) in [5.41, 5.74) is 1.28. The van der Waals surface area contributed by atoms with E-state index in [1.807, 2.05) is 6.92 Å². The molecule has 0 atom stereocenters. The fourth-order valence-corrected chi connectivity index (χ4v) is 2.92. The van der Waals surface area contributed by atoms with Crippen LogP contribution in [0, 0.1) is 5.82 Å². The molecule has 0 spiro atoms. The number of amides is 1. The molecule has 29 heavy (non-hydrogen) atoms. The maximum absolute atomic E-state index is 13.5.